The third-order valence-electron chi connectivity index (χ3n) is 10.1. The predicted octanol–water partition coefficient (Wildman–Crippen LogP) is 10.9. The van der Waals surface area contributed by atoms with Crippen molar-refractivity contribution in [2.75, 3.05) is 0 Å². The van der Waals surface area contributed by atoms with E-state index in [0.717, 1.165) is 22.5 Å². The lowest BCUT2D eigenvalue weighted by atomic mass is 9.85. The molecule has 1 nitrogen and oxygen atoms in total. The minimum absolute atomic E-state index is 0.976. The Morgan fingerprint density at radius 2 is 0.809 bits per heavy atom. The van der Waals surface area contributed by atoms with E-state index in [9.17, 15) is 0 Å². The average Bonchev–Trinajstić information content (AvgIpc) is 3.36. The molecule has 0 amide bonds. The van der Waals surface area contributed by atoms with Crippen LogP contribution < -0.4 is 10.4 Å². The second-order valence-corrected chi connectivity index (χ2v) is 17.5. The summed E-state index contributed by atoms with van der Waals surface area (Å²) in [6.45, 7) is 5.00. The van der Waals surface area contributed by atoms with Crippen molar-refractivity contribution >= 4 is 40.0 Å². The van der Waals surface area contributed by atoms with E-state index in [-0.39, 0.29) is 0 Å². The molecule has 1 aliphatic rings. The van der Waals surface area contributed by atoms with Crippen LogP contribution in [0.1, 0.15) is 0 Å². The Kier molecular flexibility index (Phi) is 6.34. The van der Waals surface area contributed by atoms with Gasteiger partial charge in [0.2, 0.25) is 0 Å². The molecule has 0 bridgehead atoms. The number of nitrogens with zero attached hydrogens (tertiary/aromatic N) is 1. The van der Waals surface area contributed by atoms with E-state index in [4.69, 9.17) is 4.98 Å². The SMILES string of the molecule is C[Si]1(C)c2ccccc2-c2ccc(-c3c4ccccc4c(-c4cc(-c5ccccc5)nc(-c5ccccc5)c4)c4ccccc34)cc21. The van der Waals surface area contributed by atoms with Gasteiger partial charge in [-0.15, -0.1) is 0 Å². The average molecular weight is 616 g/mol. The molecule has 0 saturated carbocycles. The first-order valence-corrected chi connectivity index (χ1v) is 19.4. The Labute approximate surface area is 276 Å². The van der Waals surface area contributed by atoms with E-state index in [0.29, 0.717) is 0 Å². The van der Waals surface area contributed by atoms with Crippen LogP contribution >= 0.6 is 0 Å². The molecule has 0 N–H and O–H groups in total. The highest BCUT2D eigenvalue weighted by Crippen LogP contribution is 2.45. The van der Waals surface area contributed by atoms with Gasteiger partial charge in [0.15, 0.2) is 0 Å². The standard InChI is InChI=1S/C45H33NSi/c1-47(2)42-24-14-13-19-34(42)35-26-25-32(29-43(35)47)44-36-20-9-11-22-38(36)45(39-23-12-10-21-37(39)44)33-27-40(30-15-5-3-6-16-30)46-41(28-33)31-17-7-4-8-18-31/h3-29H,1-2H3. The first-order valence-electron chi connectivity index (χ1n) is 16.4. The van der Waals surface area contributed by atoms with Crippen molar-refractivity contribution in [1.29, 1.82) is 0 Å². The summed E-state index contributed by atoms with van der Waals surface area (Å²) in [6, 6.07) is 59.8. The molecule has 0 saturated heterocycles. The van der Waals surface area contributed by atoms with Crippen LogP contribution in [-0.4, -0.2) is 13.1 Å². The lowest BCUT2D eigenvalue weighted by Crippen LogP contribution is -2.49. The smallest absolute Gasteiger partial charge is 0.113 e. The number of hydrogen-bond acceptors (Lipinski definition) is 1. The van der Waals surface area contributed by atoms with Gasteiger partial charge in [0.1, 0.15) is 8.07 Å². The van der Waals surface area contributed by atoms with Gasteiger partial charge >= 0.3 is 0 Å². The van der Waals surface area contributed by atoms with Crippen LogP contribution in [0.5, 0.6) is 0 Å². The second kappa shape index (κ2) is 10.8. The zero-order chi connectivity index (χ0) is 31.5. The maximum atomic E-state index is 5.19. The van der Waals surface area contributed by atoms with Gasteiger partial charge in [-0.3, -0.25) is 0 Å². The van der Waals surface area contributed by atoms with Crippen molar-refractivity contribution in [3.05, 3.63) is 164 Å². The van der Waals surface area contributed by atoms with Crippen LogP contribution in [-0.2, 0) is 0 Å². The fourth-order valence-corrected chi connectivity index (χ4v) is 10.9. The Balaban J connectivity index is 1.33. The molecular weight excluding hydrogens is 583 g/mol. The van der Waals surface area contributed by atoms with E-state index < -0.39 is 8.07 Å². The zero-order valence-corrected chi connectivity index (χ0v) is 27.5. The monoisotopic (exact) mass is 615 g/mol. The Morgan fingerprint density at radius 1 is 0.362 bits per heavy atom. The van der Waals surface area contributed by atoms with Crippen molar-refractivity contribution in [1.82, 2.24) is 4.98 Å². The van der Waals surface area contributed by atoms with E-state index in [1.807, 2.05) is 0 Å². The van der Waals surface area contributed by atoms with Crippen LogP contribution in [0.2, 0.25) is 13.1 Å². The van der Waals surface area contributed by atoms with Crippen molar-refractivity contribution in [3.63, 3.8) is 0 Å². The lowest BCUT2D eigenvalue weighted by molar-refractivity contribution is 1.32. The third-order valence-corrected chi connectivity index (χ3v) is 13.6. The van der Waals surface area contributed by atoms with Gasteiger partial charge in [-0.2, -0.15) is 0 Å². The summed E-state index contributed by atoms with van der Waals surface area (Å²) >= 11 is 0. The number of pyridine rings is 1. The molecule has 0 aliphatic carbocycles. The fraction of sp³-hybridized carbons (Fsp3) is 0.0444. The van der Waals surface area contributed by atoms with Gasteiger partial charge in [-0.1, -0.05) is 165 Å². The molecule has 1 aromatic heterocycles. The van der Waals surface area contributed by atoms with Crippen LogP contribution in [0.4, 0.5) is 0 Å². The van der Waals surface area contributed by atoms with Crippen LogP contribution in [0.15, 0.2) is 164 Å². The molecule has 47 heavy (non-hydrogen) atoms. The number of fused-ring (bicyclic) bond motifs is 5. The van der Waals surface area contributed by atoms with Crippen LogP contribution in [0.25, 0.3) is 77.4 Å². The van der Waals surface area contributed by atoms with Gasteiger partial charge in [0.05, 0.1) is 11.4 Å². The largest absolute Gasteiger partial charge is 0.248 e. The fourth-order valence-electron chi connectivity index (χ4n) is 7.80. The Hall–Kier alpha value is -5.57. The Bertz CT molecular complexity index is 2360. The molecule has 0 unspecified atom stereocenters. The highest BCUT2D eigenvalue weighted by atomic mass is 28.3. The van der Waals surface area contributed by atoms with Gasteiger partial charge in [0, 0.05) is 11.1 Å². The van der Waals surface area contributed by atoms with Gasteiger partial charge < -0.3 is 0 Å². The van der Waals surface area contributed by atoms with Crippen LogP contribution in [0.3, 0.4) is 0 Å². The predicted molar refractivity (Wildman–Crippen MR) is 203 cm³/mol. The topological polar surface area (TPSA) is 12.9 Å². The van der Waals surface area contributed by atoms with Crippen LogP contribution in [0, 0.1) is 0 Å². The number of rotatable bonds is 4. The van der Waals surface area contributed by atoms with Crippen molar-refractivity contribution in [2.24, 2.45) is 0 Å². The molecule has 0 atom stereocenters. The molecule has 0 fully saturated rings. The molecule has 2 heterocycles. The van der Waals surface area contributed by atoms with Gasteiger partial charge in [-0.05, 0) is 77.4 Å². The summed E-state index contributed by atoms with van der Waals surface area (Å²) in [6.07, 6.45) is 0. The first-order chi connectivity index (χ1) is 23.1. The van der Waals surface area contributed by atoms with Gasteiger partial charge in [0.25, 0.3) is 0 Å². The van der Waals surface area contributed by atoms with E-state index in [2.05, 4.69) is 177 Å². The Morgan fingerprint density at radius 3 is 1.36 bits per heavy atom. The lowest BCUT2D eigenvalue weighted by Gasteiger charge is -2.21. The molecule has 7 aromatic carbocycles. The molecule has 0 radical (unpaired) electrons. The summed E-state index contributed by atoms with van der Waals surface area (Å²) in [5, 5.41) is 8.13. The van der Waals surface area contributed by atoms with Crippen molar-refractivity contribution in [3.8, 4) is 55.9 Å². The highest BCUT2D eigenvalue weighted by Gasteiger charge is 2.37. The van der Waals surface area contributed by atoms with Gasteiger partial charge in [-0.25, -0.2) is 4.98 Å². The molecule has 9 rings (SSSR count). The molecule has 222 valence electrons. The maximum Gasteiger partial charge on any atom is 0.113 e. The minimum Gasteiger partial charge on any atom is -0.248 e. The van der Waals surface area contributed by atoms with E-state index in [1.165, 1.54) is 60.1 Å². The summed E-state index contributed by atoms with van der Waals surface area (Å²) in [7, 11) is -1.83. The third kappa shape index (κ3) is 4.40. The van der Waals surface area contributed by atoms with E-state index >= 15 is 0 Å². The van der Waals surface area contributed by atoms with E-state index in [1.54, 1.807) is 5.19 Å². The molecule has 8 aromatic rings. The number of hydrogen-bond donors (Lipinski definition) is 0. The minimum atomic E-state index is -1.83. The number of aromatic nitrogens is 1. The second-order valence-electron chi connectivity index (χ2n) is 13.1. The summed E-state index contributed by atoms with van der Waals surface area (Å²) in [5.41, 5.74) is 12.0. The zero-order valence-electron chi connectivity index (χ0n) is 26.5. The molecule has 2 heteroatoms. The maximum absolute atomic E-state index is 5.19. The summed E-state index contributed by atoms with van der Waals surface area (Å²) < 4.78 is 0. The highest BCUT2D eigenvalue weighted by molar-refractivity contribution is 7.03. The number of benzene rings is 7. The summed E-state index contributed by atoms with van der Waals surface area (Å²) in [5.74, 6) is 0. The first kappa shape index (κ1) is 27.7. The molecular formula is C45H33NSi. The van der Waals surface area contributed by atoms with Crippen molar-refractivity contribution in [2.45, 2.75) is 13.1 Å². The molecule has 0 spiro atoms. The molecule has 1 aliphatic heterocycles. The van der Waals surface area contributed by atoms with Crippen molar-refractivity contribution < 1.29 is 0 Å². The quantitative estimate of drug-likeness (QED) is 0.142. The normalized spacial score (nSPS) is 13.1. The summed E-state index contributed by atoms with van der Waals surface area (Å²) in [4.78, 5) is 5.19.